The van der Waals surface area contributed by atoms with Crippen molar-refractivity contribution in [3.63, 3.8) is 0 Å². The molecule has 0 spiro atoms. The molecule has 7 heteroatoms. The summed E-state index contributed by atoms with van der Waals surface area (Å²) < 4.78 is 27.4. The number of fused-ring (bicyclic) bond motifs is 1. The molecule has 0 aliphatic carbocycles. The van der Waals surface area contributed by atoms with E-state index in [0.717, 1.165) is 30.8 Å². The fraction of sp³-hybridized carbons (Fsp3) is 0.636. The summed E-state index contributed by atoms with van der Waals surface area (Å²) in [5.74, 6) is 0. The predicted molar refractivity (Wildman–Crippen MR) is 72.7 cm³/mol. The predicted octanol–water partition coefficient (Wildman–Crippen LogP) is 1.87. The lowest BCUT2D eigenvalue weighted by Gasteiger charge is -2.36. The summed E-state index contributed by atoms with van der Waals surface area (Å²) in [5.41, 5.74) is 0. The van der Waals surface area contributed by atoms with Crippen LogP contribution >= 0.6 is 22.9 Å². The van der Waals surface area contributed by atoms with Crippen molar-refractivity contribution in [1.29, 1.82) is 0 Å². The van der Waals surface area contributed by atoms with E-state index in [0.29, 0.717) is 27.7 Å². The van der Waals surface area contributed by atoms with Crippen molar-refractivity contribution >= 4 is 33.0 Å². The first-order valence-electron chi connectivity index (χ1n) is 6.07. The average Bonchev–Trinajstić information content (AvgIpc) is 2.96. The number of piperazine rings is 1. The number of nitrogens with zero attached hydrogens (tertiary/aromatic N) is 2. The molecule has 0 radical (unpaired) electrons. The van der Waals surface area contributed by atoms with Crippen molar-refractivity contribution in [3.05, 3.63) is 16.5 Å². The van der Waals surface area contributed by atoms with Crippen LogP contribution in [0.3, 0.4) is 0 Å². The minimum absolute atomic E-state index is 0.360. The lowest BCUT2D eigenvalue weighted by molar-refractivity contribution is 0.158. The van der Waals surface area contributed by atoms with Gasteiger partial charge in [0.15, 0.2) is 0 Å². The van der Waals surface area contributed by atoms with Gasteiger partial charge in [-0.3, -0.25) is 4.90 Å². The van der Waals surface area contributed by atoms with Gasteiger partial charge in [0.2, 0.25) is 0 Å². The normalized spacial score (nSPS) is 26.4. The van der Waals surface area contributed by atoms with E-state index in [4.69, 9.17) is 11.6 Å². The first-order valence-corrected chi connectivity index (χ1v) is 8.70. The number of halogens is 1. The van der Waals surface area contributed by atoms with Gasteiger partial charge >= 0.3 is 0 Å². The highest BCUT2D eigenvalue weighted by atomic mass is 35.5. The molecule has 1 atom stereocenters. The van der Waals surface area contributed by atoms with Crippen LogP contribution in [0.25, 0.3) is 0 Å². The molecule has 1 aromatic heterocycles. The van der Waals surface area contributed by atoms with Crippen LogP contribution in [0.15, 0.2) is 16.3 Å². The van der Waals surface area contributed by atoms with Gasteiger partial charge in [-0.1, -0.05) is 11.6 Å². The molecular formula is C11H15ClN2O2S2. The lowest BCUT2D eigenvalue weighted by Crippen LogP contribution is -2.51. The van der Waals surface area contributed by atoms with Gasteiger partial charge in [-0.05, 0) is 31.5 Å². The number of hydrogen-bond acceptors (Lipinski definition) is 4. The molecule has 0 unspecified atom stereocenters. The van der Waals surface area contributed by atoms with Crippen molar-refractivity contribution in [2.24, 2.45) is 0 Å². The standard InChI is InChI=1S/C11H15ClN2O2S2/c12-10-3-4-11(17-10)18(15,16)14-7-6-13-5-1-2-9(13)8-14/h3-4,9H,1-2,5-8H2/t9-/m1/s1. The first kappa shape index (κ1) is 12.9. The SMILES string of the molecule is O=S(=O)(c1ccc(Cl)s1)N1CCN2CCC[C@@H]2C1. The van der Waals surface area contributed by atoms with Crippen LogP contribution in [-0.2, 0) is 10.0 Å². The van der Waals surface area contributed by atoms with Crippen LogP contribution < -0.4 is 0 Å². The van der Waals surface area contributed by atoms with Crippen LogP contribution in [0, 0.1) is 0 Å². The Hall–Kier alpha value is -0.140. The van der Waals surface area contributed by atoms with Gasteiger partial charge in [0.25, 0.3) is 10.0 Å². The number of thiophene rings is 1. The second-order valence-corrected chi connectivity index (χ2v) is 8.63. The number of hydrogen-bond donors (Lipinski definition) is 0. The van der Waals surface area contributed by atoms with Crippen LogP contribution in [0.2, 0.25) is 4.34 Å². The third-order valence-corrected chi connectivity index (χ3v) is 7.26. The Bertz CT molecular complexity index is 543. The highest BCUT2D eigenvalue weighted by molar-refractivity contribution is 7.91. The minimum Gasteiger partial charge on any atom is -0.298 e. The Morgan fingerprint density at radius 3 is 2.83 bits per heavy atom. The summed E-state index contributed by atoms with van der Waals surface area (Å²) in [5, 5.41) is 0. The maximum atomic E-state index is 12.4. The zero-order chi connectivity index (χ0) is 12.8. The molecule has 2 aliphatic heterocycles. The van der Waals surface area contributed by atoms with Crippen molar-refractivity contribution < 1.29 is 8.42 Å². The Kier molecular flexibility index (Phi) is 3.40. The van der Waals surface area contributed by atoms with Gasteiger partial charge in [0.05, 0.1) is 4.34 Å². The van der Waals surface area contributed by atoms with E-state index in [1.165, 1.54) is 6.42 Å². The zero-order valence-corrected chi connectivity index (χ0v) is 12.3. The van der Waals surface area contributed by atoms with Crippen molar-refractivity contribution in [2.45, 2.75) is 23.1 Å². The highest BCUT2D eigenvalue weighted by Gasteiger charge is 2.36. The Morgan fingerprint density at radius 2 is 2.11 bits per heavy atom. The van der Waals surface area contributed by atoms with E-state index in [2.05, 4.69) is 4.90 Å². The van der Waals surface area contributed by atoms with Crippen LogP contribution in [-0.4, -0.2) is 49.8 Å². The van der Waals surface area contributed by atoms with Crippen molar-refractivity contribution in [3.8, 4) is 0 Å². The Labute approximate surface area is 116 Å². The molecule has 100 valence electrons. The summed E-state index contributed by atoms with van der Waals surface area (Å²) in [4.78, 5) is 2.40. The monoisotopic (exact) mass is 306 g/mol. The van der Waals surface area contributed by atoms with Gasteiger partial charge in [-0.15, -0.1) is 11.3 Å². The van der Waals surface area contributed by atoms with Crippen molar-refractivity contribution in [1.82, 2.24) is 9.21 Å². The summed E-state index contributed by atoms with van der Waals surface area (Å²) in [6.07, 6.45) is 2.29. The van der Waals surface area contributed by atoms with Crippen LogP contribution in [0.5, 0.6) is 0 Å². The number of rotatable bonds is 2. The van der Waals surface area contributed by atoms with Gasteiger partial charge in [0.1, 0.15) is 4.21 Å². The topological polar surface area (TPSA) is 40.6 Å². The zero-order valence-electron chi connectivity index (χ0n) is 9.88. The third kappa shape index (κ3) is 2.20. The molecular weight excluding hydrogens is 292 g/mol. The van der Waals surface area contributed by atoms with E-state index < -0.39 is 10.0 Å². The van der Waals surface area contributed by atoms with Crippen molar-refractivity contribution in [2.75, 3.05) is 26.2 Å². The fourth-order valence-corrected chi connectivity index (χ4v) is 5.85. The maximum absolute atomic E-state index is 12.4. The molecule has 2 aliphatic rings. The van der Waals surface area contributed by atoms with E-state index in [9.17, 15) is 8.42 Å². The molecule has 0 amide bonds. The Balaban J connectivity index is 1.82. The average molecular weight is 307 g/mol. The third-order valence-electron chi connectivity index (χ3n) is 3.69. The Morgan fingerprint density at radius 1 is 1.28 bits per heavy atom. The first-order chi connectivity index (χ1) is 8.57. The second-order valence-electron chi connectivity index (χ2n) is 4.75. The van der Waals surface area contributed by atoms with Gasteiger partial charge < -0.3 is 0 Å². The summed E-state index contributed by atoms with van der Waals surface area (Å²) >= 11 is 6.96. The summed E-state index contributed by atoms with van der Waals surface area (Å²) in [6.45, 7) is 3.18. The number of sulfonamides is 1. The second kappa shape index (κ2) is 4.76. The fourth-order valence-electron chi connectivity index (χ4n) is 2.74. The van der Waals surface area contributed by atoms with E-state index in [1.807, 2.05) is 0 Å². The summed E-state index contributed by atoms with van der Waals surface area (Å²) in [6, 6.07) is 3.65. The van der Waals surface area contributed by atoms with Gasteiger partial charge in [0, 0.05) is 25.7 Å². The quantitative estimate of drug-likeness (QED) is 0.837. The molecule has 0 bridgehead atoms. The smallest absolute Gasteiger partial charge is 0.252 e. The van der Waals surface area contributed by atoms with E-state index in [-0.39, 0.29) is 0 Å². The lowest BCUT2D eigenvalue weighted by atomic mass is 10.2. The van der Waals surface area contributed by atoms with E-state index >= 15 is 0 Å². The molecule has 18 heavy (non-hydrogen) atoms. The summed E-state index contributed by atoms with van der Waals surface area (Å²) in [7, 11) is -3.34. The van der Waals surface area contributed by atoms with Crippen LogP contribution in [0.1, 0.15) is 12.8 Å². The molecule has 2 saturated heterocycles. The van der Waals surface area contributed by atoms with Crippen LogP contribution in [0.4, 0.5) is 0 Å². The van der Waals surface area contributed by atoms with Gasteiger partial charge in [-0.2, -0.15) is 4.31 Å². The van der Waals surface area contributed by atoms with E-state index in [1.54, 1.807) is 16.4 Å². The molecule has 0 saturated carbocycles. The van der Waals surface area contributed by atoms with Gasteiger partial charge in [-0.25, -0.2) is 8.42 Å². The largest absolute Gasteiger partial charge is 0.298 e. The molecule has 2 fully saturated rings. The molecule has 0 aromatic carbocycles. The minimum atomic E-state index is -3.34. The highest BCUT2D eigenvalue weighted by Crippen LogP contribution is 2.30. The molecule has 3 rings (SSSR count). The molecule has 0 N–H and O–H groups in total. The maximum Gasteiger partial charge on any atom is 0.252 e. The molecule has 4 nitrogen and oxygen atoms in total. The molecule has 3 heterocycles. The molecule has 1 aromatic rings.